The van der Waals surface area contributed by atoms with Gasteiger partial charge in [-0.1, -0.05) is 6.07 Å². The number of piperidine rings is 1. The predicted octanol–water partition coefficient (Wildman–Crippen LogP) is 2.72. The van der Waals surface area contributed by atoms with Crippen molar-refractivity contribution in [3.63, 3.8) is 0 Å². The highest BCUT2D eigenvalue weighted by Crippen LogP contribution is 2.21. The van der Waals surface area contributed by atoms with E-state index in [1.165, 1.54) is 25.1 Å². The molecule has 0 radical (unpaired) electrons. The van der Waals surface area contributed by atoms with Crippen LogP contribution in [0.3, 0.4) is 0 Å². The smallest absolute Gasteiger partial charge is 0.160 e. The van der Waals surface area contributed by atoms with Gasteiger partial charge in [0, 0.05) is 25.7 Å². The van der Waals surface area contributed by atoms with E-state index in [1.54, 1.807) is 6.07 Å². The minimum absolute atomic E-state index is 0.283. The van der Waals surface area contributed by atoms with E-state index in [0.717, 1.165) is 43.2 Å². The van der Waals surface area contributed by atoms with Crippen molar-refractivity contribution in [1.29, 1.82) is 0 Å². The Kier molecular flexibility index (Phi) is 4.21. The Labute approximate surface area is 140 Å². The fourth-order valence-corrected chi connectivity index (χ4v) is 3.48. The van der Waals surface area contributed by atoms with Crippen LogP contribution in [0.5, 0.6) is 0 Å². The molecule has 0 N–H and O–H groups in total. The first-order chi connectivity index (χ1) is 11.8. The summed E-state index contributed by atoms with van der Waals surface area (Å²) in [6, 6.07) is 9.21. The lowest BCUT2D eigenvalue weighted by Crippen LogP contribution is -2.36. The Morgan fingerprint density at radius 3 is 3.00 bits per heavy atom. The molecule has 124 valence electrons. The van der Waals surface area contributed by atoms with Gasteiger partial charge in [-0.05, 0) is 49.6 Å². The fraction of sp³-hybridized carbons (Fsp3) is 0.389. The zero-order valence-corrected chi connectivity index (χ0v) is 13.5. The summed E-state index contributed by atoms with van der Waals surface area (Å²) in [6.45, 7) is 2.86. The van der Waals surface area contributed by atoms with E-state index in [4.69, 9.17) is 0 Å². The molecule has 1 atom stereocenters. The molecule has 1 aliphatic rings. The molecule has 0 amide bonds. The molecule has 5 nitrogen and oxygen atoms in total. The zero-order chi connectivity index (χ0) is 16.4. The number of hydrogen-bond donors (Lipinski definition) is 0. The standard InChI is InChI=1S/C18H20FN5/c19-15-6-7-16(20-11-15)13-23-8-3-4-14(12-23)10-18-22-21-17-5-1-2-9-24(17)18/h1-2,5-7,9,11,14H,3-4,8,10,12-13H2. The van der Waals surface area contributed by atoms with Gasteiger partial charge in [0.1, 0.15) is 11.6 Å². The third-order valence-electron chi connectivity index (χ3n) is 4.63. The lowest BCUT2D eigenvalue weighted by Gasteiger charge is -2.32. The van der Waals surface area contributed by atoms with Crippen LogP contribution in [-0.4, -0.2) is 37.6 Å². The summed E-state index contributed by atoms with van der Waals surface area (Å²) in [5.41, 5.74) is 1.82. The molecule has 0 aliphatic carbocycles. The van der Waals surface area contributed by atoms with Gasteiger partial charge < -0.3 is 0 Å². The van der Waals surface area contributed by atoms with Gasteiger partial charge in [0.15, 0.2) is 5.65 Å². The molecule has 0 saturated carbocycles. The van der Waals surface area contributed by atoms with Gasteiger partial charge >= 0.3 is 0 Å². The van der Waals surface area contributed by atoms with Gasteiger partial charge in [0.25, 0.3) is 0 Å². The Balaban J connectivity index is 1.42. The monoisotopic (exact) mass is 325 g/mol. The average molecular weight is 325 g/mol. The van der Waals surface area contributed by atoms with Crippen LogP contribution < -0.4 is 0 Å². The lowest BCUT2D eigenvalue weighted by molar-refractivity contribution is 0.164. The van der Waals surface area contributed by atoms with E-state index in [0.29, 0.717) is 5.92 Å². The minimum Gasteiger partial charge on any atom is -0.297 e. The van der Waals surface area contributed by atoms with Crippen molar-refractivity contribution in [1.82, 2.24) is 24.5 Å². The second-order valence-corrected chi connectivity index (χ2v) is 6.46. The molecule has 4 rings (SSSR count). The van der Waals surface area contributed by atoms with E-state index in [1.807, 2.05) is 24.4 Å². The molecule has 0 bridgehead atoms. The first-order valence-corrected chi connectivity index (χ1v) is 8.39. The Morgan fingerprint density at radius 2 is 2.12 bits per heavy atom. The molecular weight excluding hydrogens is 305 g/mol. The minimum atomic E-state index is -0.283. The van der Waals surface area contributed by atoms with Gasteiger partial charge in [-0.3, -0.25) is 14.3 Å². The van der Waals surface area contributed by atoms with Crippen LogP contribution in [-0.2, 0) is 13.0 Å². The Bertz CT molecular complexity index is 814. The van der Waals surface area contributed by atoms with E-state index in [-0.39, 0.29) is 5.82 Å². The number of aromatic nitrogens is 4. The Morgan fingerprint density at radius 1 is 1.17 bits per heavy atom. The van der Waals surface area contributed by atoms with Crippen molar-refractivity contribution in [2.45, 2.75) is 25.8 Å². The van der Waals surface area contributed by atoms with E-state index in [2.05, 4.69) is 24.5 Å². The summed E-state index contributed by atoms with van der Waals surface area (Å²) in [7, 11) is 0. The lowest BCUT2D eigenvalue weighted by atomic mass is 9.94. The summed E-state index contributed by atoms with van der Waals surface area (Å²) in [4.78, 5) is 6.57. The number of rotatable bonds is 4. The van der Waals surface area contributed by atoms with Crippen molar-refractivity contribution in [2.24, 2.45) is 5.92 Å². The fourth-order valence-electron chi connectivity index (χ4n) is 3.48. The second kappa shape index (κ2) is 6.65. The van der Waals surface area contributed by atoms with E-state index < -0.39 is 0 Å². The first kappa shape index (κ1) is 15.2. The highest BCUT2D eigenvalue weighted by molar-refractivity contribution is 5.37. The van der Waals surface area contributed by atoms with Crippen LogP contribution in [0.4, 0.5) is 4.39 Å². The first-order valence-electron chi connectivity index (χ1n) is 8.39. The SMILES string of the molecule is Fc1ccc(CN2CCCC(Cc3nnc4ccccn34)C2)nc1. The predicted molar refractivity (Wildman–Crippen MR) is 88.9 cm³/mol. The molecule has 1 fully saturated rings. The van der Waals surface area contributed by atoms with Crippen molar-refractivity contribution in [3.8, 4) is 0 Å². The van der Waals surface area contributed by atoms with Gasteiger partial charge in [0.2, 0.25) is 0 Å². The maximum atomic E-state index is 13.0. The van der Waals surface area contributed by atoms with Gasteiger partial charge in [-0.15, -0.1) is 10.2 Å². The molecule has 3 aromatic heterocycles. The molecule has 6 heteroatoms. The molecule has 1 saturated heterocycles. The number of halogens is 1. The molecule has 3 aromatic rings. The normalized spacial score (nSPS) is 19.0. The van der Waals surface area contributed by atoms with E-state index in [9.17, 15) is 4.39 Å². The molecule has 0 spiro atoms. The van der Waals surface area contributed by atoms with Crippen molar-refractivity contribution in [2.75, 3.05) is 13.1 Å². The average Bonchev–Trinajstić information content (AvgIpc) is 3.01. The van der Waals surface area contributed by atoms with Gasteiger partial charge in [-0.2, -0.15) is 0 Å². The molecule has 4 heterocycles. The largest absolute Gasteiger partial charge is 0.297 e. The summed E-state index contributed by atoms with van der Waals surface area (Å²) in [5, 5.41) is 8.58. The number of hydrogen-bond acceptors (Lipinski definition) is 4. The second-order valence-electron chi connectivity index (χ2n) is 6.46. The number of likely N-dealkylation sites (tertiary alicyclic amines) is 1. The van der Waals surface area contributed by atoms with Crippen molar-refractivity contribution < 1.29 is 4.39 Å². The molecule has 1 unspecified atom stereocenters. The van der Waals surface area contributed by atoms with Crippen LogP contribution in [0.1, 0.15) is 24.4 Å². The maximum absolute atomic E-state index is 13.0. The van der Waals surface area contributed by atoms with Crippen LogP contribution in [0, 0.1) is 11.7 Å². The third-order valence-corrected chi connectivity index (χ3v) is 4.63. The number of fused-ring (bicyclic) bond motifs is 1. The highest BCUT2D eigenvalue weighted by atomic mass is 19.1. The summed E-state index contributed by atoms with van der Waals surface area (Å²) >= 11 is 0. The van der Waals surface area contributed by atoms with Crippen molar-refractivity contribution in [3.05, 3.63) is 60.1 Å². The molecule has 1 aliphatic heterocycles. The highest BCUT2D eigenvalue weighted by Gasteiger charge is 2.22. The summed E-state index contributed by atoms with van der Waals surface area (Å²) in [5.74, 6) is 1.30. The van der Waals surface area contributed by atoms with Gasteiger partial charge in [0.05, 0.1) is 11.9 Å². The van der Waals surface area contributed by atoms with E-state index >= 15 is 0 Å². The quantitative estimate of drug-likeness (QED) is 0.740. The summed E-state index contributed by atoms with van der Waals surface area (Å²) in [6.07, 6.45) is 6.61. The van der Waals surface area contributed by atoms with Gasteiger partial charge in [-0.25, -0.2) is 4.39 Å². The topological polar surface area (TPSA) is 46.3 Å². The molecule has 24 heavy (non-hydrogen) atoms. The molecular formula is C18H20FN5. The van der Waals surface area contributed by atoms with Crippen LogP contribution in [0.25, 0.3) is 5.65 Å². The number of pyridine rings is 2. The maximum Gasteiger partial charge on any atom is 0.160 e. The van der Waals surface area contributed by atoms with Crippen LogP contribution >= 0.6 is 0 Å². The van der Waals surface area contributed by atoms with Crippen LogP contribution in [0.15, 0.2) is 42.7 Å². The Hall–Kier alpha value is -2.34. The third kappa shape index (κ3) is 3.28. The van der Waals surface area contributed by atoms with Crippen LogP contribution in [0.2, 0.25) is 0 Å². The summed E-state index contributed by atoms with van der Waals surface area (Å²) < 4.78 is 15.0. The zero-order valence-electron chi connectivity index (χ0n) is 13.5. The molecule has 0 aromatic carbocycles. The number of nitrogens with zero attached hydrogens (tertiary/aromatic N) is 5. The van der Waals surface area contributed by atoms with Crippen molar-refractivity contribution >= 4 is 5.65 Å².